The zero-order chi connectivity index (χ0) is 40.7. The van der Waals surface area contributed by atoms with Crippen molar-refractivity contribution in [1.82, 2.24) is 0 Å². The molecule has 9 aromatic carbocycles. The summed E-state index contributed by atoms with van der Waals surface area (Å²) < 4.78 is 0. The molecule has 292 valence electrons. The van der Waals surface area contributed by atoms with Crippen molar-refractivity contribution in [1.29, 1.82) is 0 Å². The maximum atomic E-state index is 2.49. The van der Waals surface area contributed by atoms with Gasteiger partial charge in [0, 0.05) is 11.8 Å². The van der Waals surface area contributed by atoms with Gasteiger partial charge in [-0.05, 0) is 160 Å². The summed E-state index contributed by atoms with van der Waals surface area (Å²) in [5, 5.41) is 5.58. The highest BCUT2D eigenvalue weighted by Gasteiger charge is 2.34. The summed E-state index contributed by atoms with van der Waals surface area (Å²) in [7, 11) is 0. The average molecular weight is 789 g/mol. The van der Waals surface area contributed by atoms with Gasteiger partial charge in [-0.3, -0.25) is 0 Å². The molecular formula is C62H44. The van der Waals surface area contributed by atoms with Gasteiger partial charge in [-0.2, -0.15) is 0 Å². The summed E-state index contributed by atoms with van der Waals surface area (Å²) in [6, 6.07) is 66.2. The second-order valence-corrected chi connectivity index (χ2v) is 17.8. The predicted molar refractivity (Wildman–Crippen MR) is 262 cm³/mol. The summed E-state index contributed by atoms with van der Waals surface area (Å²) in [6.07, 6.45) is 16.4. The summed E-state index contributed by atoms with van der Waals surface area (Å²) in [6.45, 7) is 0. The largest absolute Gasteiger partial charge is 0.0838 e. The van der Waals surface area contributed by atoms with Crippen LogP contribution in [-0.2, 0) is 19.3 Å². The fraction of sp³-hybridized carbons (Fsp3) is 0.0968. The van der Waals surface area contributed by atoms with Crippen molar-refractivity contribution < 1.29 is 0 Å². The topological polar surface area (TPSA) is 0 Å². The Bertz CT molecular complexity index is 3390. The molecule has 13 rings (SSSR count). The van der Waals surface area contributed by atoms with E-state index in [9.17, 15) is 0 Å². The van der Waals surface area contributed by atoms with Crippen molar-refractivity contribution >= 4 is 27.6 Å². The molecule has 0 spiro atoms. The molecule has 0 aliphatic heterocycles. The van der Waals surface area contributed by atoms with Crippen LogP contribution in [0.2, 0.25) is 0 Å². The summed E-state index contributed by atoms with van der Waals surface area (Å²) in [5.41, 5.74) is 24.2. The molecule has 2 unspecified atom stereocenters. The molecule has 2 atom stereocenters. The van der Waals surface area contributed by atoms with E-state index in [1.807, 2.05) is 0 Å². The van der Waals surface area contributed by atoms with Gasteiger partial charge >= 0.3 is 0 Å². The lowest BCUT2D eigenvalue weighted by Crippen LogP contribution is -2.23. The van der Waals surface area contributed by atoms with Crippen molar-refractivity contribution in [2.45, 2.75) is 31.6 Å². The summed E-state index contributed by atoms with van der Waals surface area (Å²) in [4.78, 5) is 0. The molecule has 0 radical (unpaired) electrons. The van der Waals surface area contributed by atoms with Gasteiger partial charge in [0.15, 0.2) is 0 Å². The Morgan fingerprint density at radius 3 is 1.60 bits per heavy atom. The van der Waals surface area contributed by atoms with E-state index in [1.54, 1.807) is 11.1 Å². The van der Waals surface area contributed by atoms with Crippen molar-refractivity contribution in [3.05, 3.63) is 234 Å². The number of aryl methyl sites for hydroxylation is 2. The highest BCUT2D eigenvalue weighted by molar-refractivity contribution is 6.13. The van der Waals surface area contributed by atoms with Gasteiger partial charge < -0.3 is 0 Å². The molecule has 0 heteroatoms. The van der Waals surface area contributed by atoms with E-state index >= 15 is 0 Å². The quantitative estimate of drug-likeness (QED) is 0.116. The van der Waals surface area contributed by atoms with E-state index in [2.05, 4.69) is 206 Å². The monoisotopic (exact) mass is 788 g/mol. The molecule has 0 saturated heterocycles. The Hall–Kier alpha value is -7.28. The van der Waals surface area contributed by atoms with Gasteiger partial charge in [0.05, 0.1) is 0 Å². The van der Waals surface area contributed by atoms with E-state index < -0.39 is 0 Å². The maximum Gasteiger partial charge on any atom is 0.0158 e. The predicted octanol–water partition coefficient (Wildman–Crippen LogP) is 16.3. The first kappa shape index (κ1) is 35.5. The lowest BCUT2D eigenvalue weighted by atomic mass is 9.66. The zero-order valence-corrected chi connectivity index (χ0v) is 34.6. The third kappa shape index (κ3) is 5.74. The van der Waals surface area contributed by atoms with Crippen LogP contribution in [0.3, 0.4) is 0 Å². The van der Waals surface area contributed by atoms with Gasteiger partial charge in [-0.15, -0.1) is 0 Å². The van der Waals surface area contributed by atoms with Crippen LogP contribution in [0.15, 0.2) is 206 Å². The Morgan fingerprint density at radius 1 is 0.387 bits per heavy atom. The van der Waals surface area contributed by atoms with Crippen molar-refractivity contribution in [2.75, 3.05) is 0 Å². The lowest BCUT2D eigenvalue weighted by Gasteiger charge is -2.38. The fourth-order valence-electron chi connectivity index (χ4n) is 11.4. The molecule has 0 nitrogen and oxygen atoms in total. The van der Waals surface area contributed by atoms with Crippen LogP contribution in [0.4, 0.5) is 0 Å². The highest BCUT2D eigenvalue weighted by Crippen LogP contribution is 2.50. The van der Waals surface area contributed by atoms with E-state index in [0.29, 0.717) is 11.8 Å². The molecule has 4 aliphatic rings. The number of hydrogen-bond acceptors (Lipinski definition) is 0. The Labute approximate surface area is 363 Å². The van der Waals surface area contributed by atoms with E-state index in [-0.39, 0.29) is 0 Å². The molecule has 0 heterocycles. The molecule has 0 aromatic heterocycles. The summed E-state index contributed by atoms with van der Waals surface area (Å²) in [5.74, 6) is 0.983. The minimum absolute atomic E-state index is 0.483. The Morgan fingerprint density at radius 2 is 0.935 bits per heavy atom. The van der Waals surface area contributed by atoms with Gasteiger partial charge in [-0.1, -0.05) is 194 Å². The molecule has 62 heavy (non-hydrogen) atoms. The van der Waals surface area contributed by atoms with E-state index in [0.717, 1.165) is 25.7 Å². The SMILES string of the molecule is C1=CC2C=Cc3c(-c4cccc(-c5ccc(-c6cccc(-c7ccc(-c8cccc(-c9ccc%10ccc%11cccc%12c%11c%10c9CC%12)c8)cc7)c6)cc5)c4)ccc4c3C2C(=CC4)C1. The molecule has 0 amide bonds. The molecule has 9 aromatic rings. The van der Waals surface area contributed by atoms with Crippen molar-refractivity contribution in [3.63, 3.8) is 0 Å². The van der Waals surface area contributed by atoms with Crippen LogP contribution in [-0.4, -0.2) is 0 Å². The fourth-order valence-corrected chi connectivity index (χ4v) is 11.4. The minimum Gasteiger partial charge on any atom is -0.0838 e. The first-order valence-corrected chi connectivity index (χ1v) is 22.4. The molecule has 0 N–H and O–H groups in total. The Kier molecular flexibility index (Phi) is 8.10. The molecule has 4 aliphatic carbocycles. The van der Waals surface area contributed by atoms with Gasteiger partial charge in [0.1, 0.15) is 0 Å². The number of benzene rings is 9. The number of allylic oxidation sites excluding steroid dienone is 5. The van der Waals surface area contributed by atoms with Gasteiger partial charge in [-0.25, -0.2) is 0 Å². The summed E-state index contributed by atoms with van der Waals surface area (Å²) >= 11 is 0. The standard InChI is InChI=1S/C62H44/c1-6-43-24-26-47-28-32-55(57-34-30-45(8-1)59(43)61(47)57)53-14-4-12-51(37-53)41-20-16-39(17-21-41)49-10-3-11-50(36-49)40-18-22-42(23-19-40)52-13-5-15-54(38-52)56-33-29-48-27-25-44-7-2-9-46-31-35-58(56)62(48)60(44)46/h1-6,8-26,28-29,31-33,35-38,46,60H,7,27,30,34H2. The van der Waals surface area contributed by atoms with E-state index in [4.69, 9.17) is 0 Å². The van der Waals surface area contributed by atoms with Crippen LogP contribution >= 0.6 is 0 Å². The molecule has 0 bridgehead atoms. The van der Waals surface area contributed by atoms with Crippen LogP contribution in [0, 0.1) is 5.92 Å². The molecule has 0 saturated carbocycles. The zero-order valence-electron chi connectivity index (χ0n) is 34.6. The third-order valence-corrected chi connectivity index (χ3v) is 14.4. The van der Waals surface area contributed by atoms with Crippen LogP contribution in [0.25, 0.3) is 94.4 Å². The van der Waals surface area contributed by atoms with Crippen LogP contribution in [0.1, 0.15) is 40.2 Å². The van der Waals surface area contributed by atoms with Gasteiger partial charge in [0.25, 0.3) is 0 Å². The first-order chi connectivity index (χ1) is 30.7. The van der Waals surface area contributed by atoms with E-state index in [1.165, 1.54) is 111 Å². The number of rotatable bonds is 6. The van der Waals surface area contributed by atoms with Crippen LogP contribution < -0.4 is 0 Å². The van der Waals surface area contributed by atoms with Gasteiger partial charge in [0.2, 0.25) is 0 Å². The molecular weight excluding hydrogens is 745 g/mol. The smallest absolute Gasteiger partial charge is 0.0158 e. The first-order valence-electron chi connectivity index (χ1n) is 22.4. The normalized spacial score (nSPS) is 16.7. The minimum atomic E-state index is 0.483. The molecule has 0 fully saturated rings. The lowest BCUT2D eigenvalue weighted by molar-refractivity contribution is 0.615. The number of hydrogen-bond donors (Lipinski definition) is 0. The van der Waals surface area contributed by atoms with Crippen molar-refractivity contribution in [2.24, 2.45) is 5.92 Å². The maximum absolute atomic E-state index is 2.49. The second-order valence-electron chi connectivity index (χ2n) is 17.8. The highest BCUT2D eigenvalue weighted by atomic mass is 14.4. The van der Waals surface area contributed by atoms with Crippen LogP contribution in [0.5, 0.6) is 0 Å². The second kappa shape index (κ2) is 14.2. The third-order valence-electron chi connectivity index (χ3n) is 14.4. The average Bonchev–Trinajstić information content (AvgIpc) is 3.35. The van der Waals surface area contributed by atoms with Crippen molar-refractivity contribution in [3.8, 4) is 66.8 Å². The Balaban J connectivity index is 0.758.